The summed E-state index contributed by atoms with van der Waals surface area (Å²) in [5, 5.41) is 31.4. The molecule has 2 aromatic rings. The largest absolute Gasteiger partial charge is 0.504 e. The van der Waals surface area contributed by atoms with E-state index >= 15 is 0 Å². The number of hydrogen-bond acceptors (Lipinski definition) is 7. The molecule has 0 saturated heterocycles. The van der Waals surface area contributed by atoms with Gasteiger partial charge in [0.25, 0.3) is 5.56 Å². The molecule has 0 spiro atoms. The minimum Gasteiger partial charge on any atom is -0.504 e. The molecule has 23 heavy (non-hydrogen) atoms. The maximum Gasteiger partial charge on any atom is 0.297 e. The van der Waals surface area contributed by atoms with E-state index in [0.717, 1.165) is 0 Å². The number of hydrogen-bond donors (Lipinski definition) is 2. The standard InChI is InChI=1S/C15H18N4O3S/c1-15(2,3)12-13(22)19(14(23-4)18-17-12)16-8-9-5-6-10(20)11(21)7-9/h5-8,20-21H,1-4H3/b16-8+. The van der Waals surface area contributed by atoms with E-state index in [1.807, 2.05) is 20.8 Å². The molecular formula is C15H18N4O3S. The van der Waals surface area contributed by atoms with E-state index < -0.39 is 5.41 Å². The first-order valence-corrected chi connectivity index (χ1v) is 8.07. The van der Waals surface area contributed by atoms with Gasteiger partial charge in [-0.2, -0.15) is 9.78 Å². The summed E-state index contributed by atoms with van der Waals surface area (Å²) in [6, 6.07) is 4.27. The monoisotopic (exact) mass is 334 g/mol. The van der Waals surface area contributed by atoms with Crippen LogP contribution in [0, 0.1) is 0 Å². The fraction of sp³-hybridized carbons (Fsp3) is 0.333. The van der Waals surface area contributed by atoms with Crippen molar-refractivity contribution in [2.75, 3.05) is 6.26 Å². The molecule has 0 atom stereocenters. The second-order valence-corrected chi connectivity index (χ2v) is 6.67. The van der Waals surface area contributed by atoms with E-state index in [4.69, 9.17) is 0 Å². The lowest BCUT2D eigenvalue weighted by molar-refractivity contribution is 0.403. The van der Waals surface area contributed by atoms with Crippen LogP contribution in [-0.4, -0.2) is 37.6 Å². The number of rotatable bonds is 3. The molecule has 0 aliphatic carbocycles. The van der Waals surface area contributed by atoms with Gasteiger partial charge in [-0.05, 0) is 30.0 Å². The minimum absolute atomic E-state index is 0.218. The second-order valence-electron chi connectivity index (χ2n) is 5.89. The molecule has 1 aromatic carbocycles. The smallest absolute Gasteiger partial charge is 0.297 e. The Hall–Kier alpha value is -2.35. The first-order valence-electron chi connectivity index (χ1n) is 6.84. The van der Waals surface area contributed by atoms with Crippen molar-refractivity contribution in [1.29, 1.82) is 0 Å². The van der Waals surface area contributed by atoms with Crippen molar-refractivity contribution >= 4 is 18.0 Å². The van der Waals surface area contributed by atoms with Crippen LogP contribution in [0.1, 0.15) is 32.0 Å². The lowest BCUT2D eigenvalue weighted by Gasteiger charge is -2.16. The van der Waals surface area contributed by atoms with Gasteiger partial charge in [-0.25, -0.2) is 0 Å². The minimum atomic E-state index is -0.449. The van der Waals surface area contributed by atoms with Crippen molar-refractivity contribution < 1.29 is 10.2 Å². The Labute approximate surface area is 137 Å². The highest BCUT2D eigenvalue weighted by Crippen LogP contribution is 2.24. The average molecular weight is 334 g/mol. The zero-order valence-electron chi connectivity index (χ0n) is 13.3. The Morgan fingerprint density at radius 1 is 1.22 bits per heavy atom. The summed E-state index contributed by atoms with van der Waals surface area (Å²) in [5.41, 5.74) is 0.0697. The van der Waals surface area contributed by atoms with Crippen molar-refractivity contribution in [3.8, 4) is 11.5 Å². The number of phenols is 2. The number of benzene rings is 1. The van der Waals surface area contributed by atoms with E-state index in [-0.39, 0.29) is 17.1 Å². The van der Waals surface area contributed by atoms with Crippen LogP contribution in [0.3, 0.4) is 0 Å². The van der Waals surface area contributed by atoms with E-state index in [9.17, 15) is 15.0 Å². The Morgan fingerprint density at radius 2 is 1.91 bits per heavy atom. The van der Waals surface area contributed by atoms with Gasteiger partial charge < -0.3 is 10.2 Å². The topological polar surface area (TPSA) is 101 Å². The van der Waals surface area contributed by atoms with Gasteiger partial charge in [0.15, 0.2) is 11.5 Å². The van der Waals surface area contributed by atoms with E-state index in [1.54, 1.807) is 12.3 Å². The van der Waals surface area contributed by atoms with Crippen LogP contribution in [0.5, 0.6) is 11.5 Å². The van der Waals surface area contributed by atoms with Crippen molar-refractivity contribution in [2.45, 2.75) is 31.3 Å². The number of thioether (sulfide) groups is 1. The molecule has 0 bridgehead atoms. The van der Waals surface area contributed by atoms with Crippen LogP contribution < -0.4 is 5.56 Å². The Bertz CT molecular complexity index is 809. The summed E-state index contributed by atoms with van der Waals surface area (Å²) in [6.07, 6.45) is 3.19. The fourth-order valence-electron chi connectivity index (χ4n) is 1.81. The molecule has 0 unspecified atom stereocenters. The van der Waals surface area contributed by atoms with Gasteiger partial charge in [-0.1, -0.05) is 32.5 Å². The zero-order valence-corrected chi connectivity index (χ0v) is 14.1. The van der Waals surface area contributed by atoms with Gasteiger partial charge in [0.2, 0.25) is 5.16 Å². The van der Waals surface area contributed by atoms with Gasteiger partial charge in [0.1, 0.15) is 5.69 Å². The van der Waals surface area contributed by atoms with Crippen LogP contribution in [0.4, 0.5) is 0 Å². The van der Waals surface area contributed by atoms with E-state index in [1.165, 1.54) is 34.8 Å². The fourth-order valence-corrected chi connectivity index (χ4v) is 2.24. The van der Waals surface area contributed by atoms with Gasteiger partial charge in [0, 0.05) is 5.41 Å². The quantitative estimate of drug-likeness (QED) is 0.505. The maximum atomic E-state index is 12.6. The molecule has 8 heteroatoms. The molecule has 0 saturated carbocycles. The van der Waals surface area contributed by atoms with Crippen LogP contribution in [-0.2, 0) is 5.41 Å². The summed E-state index contributed by atoms with van der Waals surface area (Å²) in [7, 11) is 0. The van der Waals surface area contributed by atoms with Crippen LogP contribution in [0.15, 0.2) is 33.3 Å². The number of nitrogens with zero attached hydrogens (tertiary/aromatic N) is 4. The Kier molecular flexibility index (Phi) is 4.74. The highest BCUT2D eigenvalue weighted by atomic mass is 32.2. The van der Waals surface area contributed by atoms with Crippen molar-refractivity contribution in [2.24, 2.45) is 5.10 Å². The first kappa shape index (κ1) is 17.0. The SMILES string of the molecule is CSc1nnc(C(C)(C)C)c(=O)n1/N=C/c1ccc(O)c(O)c1. The molecule has 2 N–H and O–H groups in total. The molecule has 2 rings (SSSR count). The van der Waals surface area contributed by atoms with Crippen LogP contribution >= 0.6 is 11.8 Å². The van der Waals surface area contributed by atoms with Gasteiger partial charge in [0.05, 0.1) is 6.21 Å². The summed E-state index contributed by atoms with van der Waals surface area (Å²) < 4.78 is 1.18. The first-order chi connectivity index (χ1) is 10.7. The van der Waals surface area contributed by atoms with E-state index in [2.05, 4.69) is 15.3 Å². The van der Waals surface area contributed by atoms with Crippen molar-refractivity contribution in [3.05, 3.63) is 39.8 Å². The Morgan fingerprint density at radius 3 is 2.48 bits per heavy atom. The summed E-state index contributed by atoms with van der Waals surface area (Å²) >= 11 is 1.26. The maximum absolute atomic E-state index is 12.6. The molecule has 0 fully saturated rings. The third kappa shape index (κ3) is 3.70. The highest BCUT2D eigenvalue weighted by Gasteiger charge is 2.23. The molecular weight excluding hydrogens is 316 g/mol. The average Bonchev–Trinajstić information content (AvgIpc) is 2.47. The summed E-state index contributed by atoms with van der Waals surface area (Å²) in [4.78, 5) is 12.6. The predicted molar refractivity (Wildman–Crippen MR) is 89.5 cm³/mol. The molecule has 0 aliphatic heterocycles. The van der Waals surface area contributed by atoms with Crippen LogP contribution in [0.2, 0.25) is 0 Å². The van der Waals surface area contributed by atoms with Gasteiger partial charge >= 0.3 is 0 Å². The van der Waals surface area contributed by atoms with Gasteiger partial charge in [-0.3, -0.25) is 4.79 Å². The lowest BCUT2D eigenvalue weighted by Crippen LogP contribution is -2.32. The number of aromatic nitrogens is 3. The molecule has 1 aromatic heterocycles. The zero-order chi connectivity index (χ0) is 17.2. The summed E-state index contributed by atoms with van der Waals surface area (Å²) in [6.45, 7) is 5.63. The van der Waals surface area contributed by atoms with Gasteiger partial charge in [-0.15, -0.1) is 10.2 Å². The second kappa shape index (κ2) is 6.41. The normalized spacial score (nSPS) is 12.0. The van der Waals surface area contributed by atoms with Crippen molar-refractivity contribution in [3.63, 3.8) is 0 Å². The molecule has 0 amide bonds. The highest BCUT2D eigenvalue weighted by molar-refractivity contribution is 7.98. The van der Waals surface area contributed by atoms with E-state index in [0.29, 0.717) is 16.4 Å². The molecule has 0 aliphatic rings. The number of aromatic hydroxyl groups is 2. The molecule has 1 heterocycles. The molecule has 122 valence electrons. The van der Waals surface area contributed by atoms with Crippen molar-refractivity contribution in [1.82, 2.24) is 14.9 Å². The molecule has 7 nitrogen and oxygen atoms in total. The van der Waals surface area contributed by atoms with Crippen LogP contribution in [0.25, 0.3) is 0 Å². The number of phenolic OH excluding ortho intramolecular Hbond substituents is 2. The Balaban J connectivity index is 2.51. The lowest BCUT2D eigenvalue weighted by atomic mass is 9.93. The third-order valence-electron chi connectivity index (χ3n) is 3.03. The third-order valence-corrected chi connectivity index (χ3v) is 3.65. The predicted octanol–water partition coefficient (Wildman–Crippen LogP) is 1.95. The molecule has 0 radical (unpaired) electrons. The summed E-state index contributed by atoms with van der Waals surface area (Å²) in [5.74, 6) is -0.473.